The fourth-order valence-electron chi connectivity index (χ4n) is 2.33. The van der Waals surface area contributed by atoms with Crippen molar-refractivity contribution in [3.63, 3.8) is 0 Å². The third-order valence-electron chi connectivity index (χ3n) is 3.47. The van der Waals surface area contributed by atoms with E-state index in [2.05, 4.69) is 17.1 Å². The predicted octanol–water partition coefficient (Wildman–Crippen LogP) is 2.24. The molecule has 0 unspecified atom stereocenters. The summed E-state index contributed by atoms with van der Waals surface area (Å²) in [5.41, 5.74) is 0. The standard InChI is InChI=1S/C13H25N3/c1-2-14-13(16-10-3-4-11-16)15-9-5-6-12-7-8-12/h12H,2-11H2,1H3,(H,14,15). The quantitative estimate of drug-likeness (QED) is 0.440. The Morgan fingerprint density at radius 3 is 2.69 bits per heavy atom. The molecular formula is C13H25N3. The SMILES string of the molecule is CCNC(=NCCCC1CC1)N1CCCC1. The molecule has 2 aliphatic rings. The first-order valence-corrected chi connectivity index (χ1v) is 6.93. The number of guanidine groups is 1. The molecule has 92 valence electrons. The zero-order valence-electron chi connectivity index (χ0n) is 10.5. The maximum absolute atomic E-state index is 4.73. The molecule has 3 heteroatoms. The number of rotatable bonds is 5. The van der Waals surface area contributed by atoms with Crippen LogP contribution in [0.4, 0.5) is 0 Å². The molecule has 1 heterocycles. The first-order chi connectivity index (χ1) is 7.90. The Morgan fingerprint density at radius 1 is 1.31 bits per heavy atom. The number of hydrogen-bond donors (Lipinski definition) is 1. The van der Waals surface area contributed by atoms with E-state index in [1.165, 1.54) is 51.6 Å². The summed E-state index contributed by atoms with van der Waals surface area (Å²) in [6.07, 6.45) is 8.25. The number of hydrogen-bond acceptors (Lipinski definition) is 1. The van der Waals surface area contributed by atoms with Crippen LogP contribution >= 0.6 is 0 Å². The molecule has 3 nitrogen and oxygen atoms in total. The van der Waals surface area contributed by atoms with Gasteiger partial charge >= 0.3 is 0 Å². The summed E-state index contributed by atoms with van der Waals surface area (Å²) < 4.78 is 0. The molecule has 1 N–H and O–H groups in total. The van der Waals surface area contributed by atoms with E-state index in [9.17, 15) is 0 Å². The second-order valence-corrected chi connectivity index (χ2v) is 5.02. The van der Waals surface area contributed by atoms with E-state index in [0.717, 1.165) is 25.0 Å². The van der Waals surface area contributed by atoms with Crippen LogP contribution in [0.2, 0.25) is 0 Å². The highest BCUT2D eigenvalue weighted by molar-refractivity contribution is 5.80. The van der Waals surface area contributed by atoms with Crippen LogP contribution in [0.5, 0.6) is 0 Å². The van der Waals surface area contributed by atoms with Crippen LogP contribution in [0.1, 0.15) is 45.4 Å². The maximum Gasteiger partial charge on any atom is 0.193 e. The van der Waals surface area contributed by atoms with E-state index in [-0.39, 0.29) is 0 Å². The van der Waals surface area contributed by atoms with Gasteiger partial charge < -0.3 is 10.2 Å². The van der Waals surface area contributed by atoms with Crippen LogP contribution < -0.4 is 5.32 Å². The van der Waals surface area contributed by atoms with Crippen LogP contribution in [0, 0.1) is 5.92 Å². The van der Waals surface area contributed by atoms with Crippen LogP contribution in [-0.4, -0.2) is 37.0 Å². The van der Waals surface area contributed by atoms with Gasteiger partial charge in [0.05, 0.1) is 0 Å². The lowest BCUT2D eigenvalue weighted by Gasteiger charge is -2.20. The van der Waals surface area contributed by atoms with E-state index in [1.54, 1.807) is 0 Å². The van der Waals surface area contributed by atoms with Crippen LogP contribution in [0.3, 0.4) is 0 Å². The van der Waals surface area contributed by atoms with E-state index in [4.69, 9.17) is 4.99 Å². The van der Waals surface area contributed by atoms with Gasteiger partial charge in [-0.05, 0) is 38.5 Å². The summed E-state index contributed by atoms with van der Waals surface area (Å²) in [6.45, 7) is 6.52. The Labute approximate surface area is 99.3 Å². The van der Waals surface area contributed by atoms with Gasteiger partial charge in [-0.1, -0.05) is 12.8 Å². The van der Waals surface area contributed by atoms with Crippen molar-refractivity contribution < 1.29 is 0 Å². The average Bonchev–Trinajstić information content (AvgIpc) is 2.95. The van der Waals surface area contributed by atoms with Crippen molar-refractivity contribution in [2.24, 2.45) is 10.9 Å². The Hall–Kier alpha value is -0.730. The normalized spacial score (nSPS) is 21.6. The Bertz CT molecular complexity index is 227. The number of nitrogens with one attached hydrogen (secondary N) is 1. The van der Waals surface area contributed by atoms with Crippen molar-refractivity contribution in [2.75, 3.05) is 26.2 Å². The molecule has 0 bridgehead atoms. The van der Waals surface area contributed by atoms with Crippen LogP contribution in [0.25, 0.3) is 0 Å². The highest BCUT2D eigenvalue weighted by Crippen LogP contribution is 2.33. The highest BCUT2D eigenvalue weighted by Gasteiger charge is 2.20. The van der Waals surface area contributed by atoms with Gasteiger partial charge in [0.25, 0.3) is 0 Å². The molecular weight excluding hydrogens is 198 g/mol. The van der Waals surface area contributed by atoms with Crippen LogP contribution in [-0.2, 0) is 0 Å². The number of nitrogens with zero attached hydrogens (tertiary/aromatic N) is 2. The molecule has 0 atom stereocenters. The first-order valence-electron chi connectivity index (χ1n) is 6.93. The lowest BCUT2D eigenvalue weighted by atomic mass is 10.2. The number of likely N-dealkylation sites (tertiary alicyclic amines) is 1. The van der Waals surface area contributed by atoms with Crippen molar-refractivity contribution in [3.8, 4) is 0 Å². The summed E-state index contributed by atoms with van der Waals surface area (Å²) in [5, 5.41) is 3.40. The Kier molecular flexibility index (Phi) is 4.49. The largest absolute Gasteiger partial charge is 0.357 e. The topological polar surface area (TPSA) is 27.6 Å². The van der Waals surface area contributed by atoms with Gasteiger partial charge in [0.2, 0.25) is 0 Å². The smallest absolute Gasteiger partial charge is 0.193 e. The Morgan fingerprint density at radius 2 is 2.06 bits per heavy atom. The van der Waals surface area contributed by atoms with Gasteiger partial charge in [-0.15, -0.1) is 0 Å². The lowest BCUT2D eigenvalue weighted by Crippen LogP contribution is -2.39. The van der Waals surface area contributed by atoms with E-state index >= 15 is 0 Å². The second-order valence-electron chi connectivity index (χ2n) is 5.02. The number of aliphatic imine (C=N–C) groups is 1. The third kappa shape index (κ3) is 3.69. The monoisotopic (exact) mass is 223 g/mol. The third-order valence-corrected chi connectivity index (χ3v) is 3.47. The molecule has 0 amide bonds. The van der Waals surface area contributed by atoms with E-state index in [0.29, 0.717) is 0 Å². The van der Waals surface area contributed by atoms with E-state index < -0.39 is 0 Å². The maximum atomic E-state index is 4.73. The van der Waals surface area contributed by atoms with Crippen LogP contribution in [0.15, 0.2) is 4.99 Å². The van der Waals surface area contributed by atoms with Crippen molar-refractivity contribution in [3.05, 3.63) is 0 Å². The van der Waals surface area contributed by atoms with Gasteiger partial charge in [0.15, 0.2) is 5.96 Å². The van der Waals surface area contributed by atoms with Gasteiger partial charge in [-0.25, -0.2) is 0 Å². The van der Waals surface area contributed by atoms with Gasteiger partial charge in [-0.3, -0.25) is 4.99 Å². The second kappa shape index (κ2) is 6.12. The van der Waals surface area contributed by atoms with Gasteiger partial charge in [0.1, 0.15) is 0 Å². The molecule has 2 rings (SSSR count). The minimum Gasteiger partial charge on any atom is -0.357 e. The summed E-state index contributed by atoms with van der Waals surface area (Å²) >= 11 is 0. The molecule has 16 heavy (non-hydrogen) atoms. The van der Waals surface area contributed by atoms with Gasteiger partial charge in [-0.2, -0.15) is 0 Å². The molecule has 1 saturated heterocycles. The molecule has 0 radical (unpaired) electrons. The fraction of sp³-hybridized carbons (Fsp3) is 0.923. The fourth-order valence-corrected chi connectivity index (χ4v) is 2.33. The molecule has 2 fully saturated rings. The minimum absolute atomic E-state index is 0.984. The Balaban J connectivity index is 1.72. The van der Waals surface area contributed by atoms with E-state index in [1.807, 2.05) is 0 Å². The van der Waals surface area contributed by atoms with Crippen molar-refractivity contribution in [2.45, 2.75) is 45.4 Å². The van der Waals surface area contributed by atoms with Crippen molar-refractivity contribution in [1.29, 1.82) is 0 Å². The molecule has 0 aromatic carbocycles. The summed E-state index contributed by atoms with van der Waals surface area (Å²) in [6, 6.07) is 0. The molecule has 0 aromatic rings. The zero-order valence-corrected chi connectivity index (χ0v) is 10.5. The highest BCUT2D eigenvalue weighted by atomic mass is 15.3. The summed E-state index contributed by atoms with van der Waals surface area (Å²) in [5.74, 6) is 2.19. The zero-order chi connectivity index (χ0) is 11.2. The summed E-state index contributed by atoms with van der Waals surface area (Å²) in [4.78, 5) is 7.13. The first kappa shape index (κ1) is 11.7. The molecule has 1 saturated carbocycles. The molecule has 1 aliphatic carbocycles. The predicted molar refractivity (Wildman–Crippen MR) is 68.7 cm³/mol. The average molecular weight is 223 g/mol. The van der Waals surface area contributed by atoms with Crippen molar-refractivity contribution >= 4 is 5.96 Å². The minimum atomic E-state index is 0.984. The molecule has 1 aliphatic heterocycles. The molecule has 0 spiro atoms. The van der Waals surface area contributed by atoms with Crippen molar-refractivity contribution in [1.82, 2.24) is 10.2 Å². The molecule has 0 aromatic heterocycles. The van der Waals surface area contributed by atoms with Gasteiger partial charge in [0, 0.05) is 26.2 Å². The lowest BCUT2D eigenvalue weighted by molar-refractivity contribution is 0.492. The summed E-state index contributed by atoms with van der Waals surface area (Å²) in [7, 11) is 0.